The third-order valence-corrected chi connectivity index (χ3v) is 1.83. The van der Waals surface area contributed by atoms with Crippen LogP contribution in [0.5, 0.6) is 0 Å². The van der Waals surface area contributed by atoms with Crippen molar-refractivity contribution in [2.75, 3.05) is 0 Å². The van der Waals surface area contributed by atoms with Gasteiger partial charge >= 0.3 is 5.97 Å². The van der Waals surface area contributed by atoms with E-state index in [1.807, 2.05) is 6.08 Å². The molecule has 0 aliphatic heterocycles. The van der Waals surface area contributed by atoms with Gasteiger partial charge in [0, 0.05) is 0 Å². The van der Waals surface area contributed by atoms with Crippen LogP contribution >= 0.6 is 0 Å². The molecule has 0 aliphatic carbocycles. The second kappa shape index (κ2) is 8.35. The van der Waals surface area contributed by atoms with Gasteiger partial charge in [0.05, 0.1) is 0 Å². The Bertz CT molecular complexity index is 217. The molecule has 0 radical (unpaired) electrons. The number of aliphatic hydroxyl groups is 1. The molecule has 0 spiro atoms. The van der Waals surface area contributed by atoms with E-state index in [2.05, 4.69) is 6.92 Å². The van der Waals surface area contributed by atoms with E-state index in [-0.39, 0.29) is 0 Å². The number of allylic oxidation sites excluding steroid dienone is 3. The number of unbranched alkanes of at least 4 members (excludes halogenated alkanes) is 4. The van der Waals surface area contributed by atoms with E-state index in [0.717, 1.165) is 12.8 Å². The molecule has 0 aromatic carbocycles. The summed E-state index contributed by atoms with van der Waals surface area (Å²) in [5.74, 6) is -1.91. The maximum Gasteiger partial charge on any atom is 0.370 e. The Hall–Kier alpha value is -1.25. The maximum absolute atomic E-state index is 10.2. The number of hydrogen-bond donors (Lipinski definition) is 2. The van der Waals surface area contributed by atoms with Gasteiger partial charge in [-0.25, -0.2) is 4.79 Å². The molecule has 0 fully saturated rings. The summed E-state index contributed by atoms with van der Waals surface area (Å²) in [7, 11) is 0. The quantitative estimate of drug-likeness (QED) is 0.286. The molecule has 0 aromatic heterocycles. The first kappa shape index (κ1) is 12.8. The van der Waals surface area contributed by atoms with Crippen LogP contribution in [0.3, 0.4) is 0 Å². The molecule has 0 bridgehead atoms. The fourth-order valence-electron chi connectivity index (χ4n) is 1.02. The van der Waals surface area contributed by atoms with Crippen molar-refractivity contribution < 1.29 is 15.0 Å². The van der Waals surface area contributed by atoms with Crippen molar-refractivity contribution in [2.24, 2.45) is 0 Å². The molecule has 0 heterocycles. The van der Waals surface area contributed by atoms with Crippen LogP contribution in [0.4, 0.5) is 0 Å². The van der Waals surface area contributed by atoms with E-state index >= 15 is 0 Å². The smallest absolute Gasteiger partial charge is 0.370 e. The van der Waals surface area contributed by atoms with Gasteiger partial charge < -0.3 is 10.2 Å². The summed E-state index contributed by atoms with van der Waals surface area (Å²) < 4.78 is 0. The van der Waals surface area contributed by atoms with Crippen LogP contribution in [0.1, 0.15) is 39.0 Å². The Morgan fingerprint density at radius 2 is 1.93 bits per heavy atom. The molecule has 0 aromatic rings. The molecule has 0 saturated carbocycles. The van der Waals surface area contributed by atoms with Crippen molar-refractivity contribution in [1.82, 2.24) is 0 Å². The highest BCUT2D eigenvalue weighted by Gasteiger charge is 1.99. The van der Waals surface area contributed by atoms with Gasteiger partial charge in [-0.2, -0.15) is 0 Å². The van der Waals surface area contributed by atoms with Gasteiger partial charge in [0.2, 0.25) is 5.76 Å². The minimum Gasteiger partial charge on any atom is -0.502 e. The summed E-state index contributed by atoms with van der Waals surface area (Å²) in [6.45, 7) is 2.16. The van der Waals surface area contributed by atoms with E-state index < -0.39 is 11.7 Å². The number of rotatable bonds is 7. The molecule has 14 heavy (non-hydrogen) atoms. The summed E-state index contributed by atoms with van der Waals surface area (Å²) >= 11 is 0. The Morgan fingerprint density at radius 1 is 1.21 bits per heavy atom. The Labute approximate surface area is 84.8 Å². The molecule has 0 saturated heterocycles. The van der Waals surface area contributed by atoms with Gasteiger partial charge in [-0.15, -0.1) is 0 Å². The third-order valence-electron chi connectivity index (χ3n) is 1.83. The zero-order valence-corrected chi connectivity index (χ0v) is 8.57. The Morgan fingerprint density at radius 3 is 2.50 bits per heavy atom. The predicted molar refractivity (Wildman–Crippen MR) is 56.2 cm³/mol. The van der Waals surface area contributed by atoms with Crippen LogP contribution in [0.15, 0.2) is 24.0 Å². The van der Waals surface area contributed by atoms with Crippen molar-refractivity contribution in [3.63, 3.8) is 0 Å². The molecular weight excluding hydrogens is 180 g/mol. The number of hydrogen-bond acceptors (Lipinski definition) is 2. The summed E-state index contributed by atoms with van der Waals surface area (Å²) in [5.41, 5.74) is 0. The number of aliphatic carboxylic acids is 1. The van der Waals surface area contributed by atoms with Crippen LogP contribution < -0.4 is 0 Å². The van der Waals surface area contributed by atoms with Gasteiger partial charge in [-0.05, 0) is 18.9 Å². The molecule has 2 N–H and O–H groups in total. The van der Waals surface area contributed by atoms with Crippen LogP contribution in [0.25, 0.3) is 0 Å². The fraction of sp³-hybridized carbons (Fsp3) is 0.545. The van der Waals surface area contributed by atoms with Crippen LogP contribution in [-0.4, -0.2) is 16.2 Å². The first-order valence-corrected chi connectivity index (χ1v) is 4.97. The second-order valence-corrected chi connectivity index (χ2v) is 3.13. The summed E-state index contributed by atoms with van der Waals surface area (Å²) in [6.07, 6.45) is 10.4. The van der Waals surface area contributed by atoms with Crippen molar-refractivity contribution in [2.45, 2.75) is 39.0 Å². The van der Waals surface area contributed by atoms with E-state index in [1.165, 1.54) is 25.3 Å². The van der Waals surface area contributed by atoms with E-state index in [4.69, 9.17) is 10.2 Å². The highest BCUT2D eigenvalue weighted by atomic mass is 16.4. The number of carboxylic acid groups (broad SMARTS) is 1. The molecule has 3 heteroatoms. The average molecular weight is 198 g/mol. The molecular formula is C11H18O3. The maximum atomic E-state index is 10.2. The molecule has 3 nitrogen and oxygen atoms in total. The van der Waals surface area contributed by atoms with E-state index in [1.54, 1.807) is 6.08 Å². The lowest BCUT2D eigenvalue weighted by molar-refractivity contribution is -0.135. The number of aliphatic hydroxyl groups excluding tert-OH is 1. The SMILES string of the molecule is CCCCCCC=CC=C(O)C(=O)O. The Balaban J connectivity index is 3.53. The molecule has 0 rings (SSSR count). The lowest BCUT2D eigenvalue weighted by Gasteiger charge is -1.93. The predicted octanol–water partition coefficient (Wildman–Crippen LogP) is 3.04. The molecule has 0 atom stereocenters. The first-order chi connectivity index (χ1) is 6.68. The zero-order valence-electron chi connectivity index (χ0n) is 8.57. The van der Waals surface area contributed by atoms with Gasteiger partial charge in [0.15, 0.2) is 0 Å². The minimum atomic E-state index is -1.29. The molecule has 0 aliphatic rings. The topological polar surface area (TPSA) is 57.5 Å². The summed E-state index contributed by atoms with van der Waals surface area (Å²) in [5, 5.41) is 17.1. The Kier molecular flexibility index (Phi) is 7.61. The summed E-state index contributed by atoms with van der Waals surface area (Å²) in [4.78, 5) is 10.2. The highest BCUT2D eigenvalue weighted by Crippen LogP contribution is 2.03. The van der Waals surface area contributed by atoms with Crippen molar-refractivity contribution in [1.29, 1.82) is 0 Å². The van der Waals surface area contributed by atoms with Crippen molar-refractivity contribution in [3.05, 3.63) is 24.0 Å². The van der Waals surface area contributed by atoms with Crippen LogP contribution in [-0.2, 0) is 4.79 Å². The van der Waals surface area contributed by atoms with Gasteiger partial charge in [-0.3, -0.25) is 0 Å². The van der Waals surface area contributed by atoms with Crippen LogP contribution in [0, 0.1) is 0 Å². The van der Waals surface area contributed by atoms with E-state index in [0.29, 0.717) is 0 Å². The van der Waals surface area contributed by atoms with E-state index in [9.17, 15) is 4.79 Å². The lowest BCUT2D eigenvalue weighted by Crippen LogP contribution is -1.97. The summed E-state index contributed by atoms with van der Waals surface area (Å²) in [6, 6.07) is 0. The molecule has 0 unspecified atom stereocenters. The largest absolute Gasteiger partial charge is 0.502 e. The zero-order chi connectivity index (χ0) is 10.8. The second-order valence-electron chi connectivity index (χ2n) is 3.13. The van der Waals surface area contributed by atoms with Crippen molar-refractivity contribution in [3.8, 4) is 0 Å². The monoisotopic (exact) mass is 198 g/mol. The first-order valence-electron chi connectivity index (χ1n) is 4.97. The number of carboxylic acids is 1. The molecule has 0 amide bonds. The van der Waals surface area contributed by atoms with Gasteiger partial charge in [-0.1, -0.05) is 38.3 Å². The minimum absolute atomic E-state index is 0.616. The average Bonchev–Trinajstić information content (AvgIpc) is 2.16. The highest BCUT2D eigenvalue weighted by molar-refractivity contribution is 5.83. The lowest BCUT2D eigenvalue weighted by atomic mass is 10.1. The standard InChI is InChI=1S/C11H18O3/c1-2-3-4-5-6-7-8-9-10(12)11(13)14/h7-9,12H,2-6H2,1H3,(H,13,14). The third kappa shape index (κ3) is 7.40. The van der Waals surface area contributed by atoms with Crippen LogP contribution in [0.2, 0.25) is 0 Å². The normalized spacial score (nSPS) is 12.2. The van der Waals surface area contributed by atoms with Gasteiger partial charge in [0.25, 0.3) is 0 Å². The fourth-order valence-corrected chi connectivity index (χ4v) is 1.02. The van der Waals surface area contributed by atoms with Crippen molar-refractivity contribution >= 4 is 5.97 Å². The number of carbonyl (C=O) groups is 1. The van der Waals surface area contributed by atoms with Gasteiger partial charge in [0.1, 0.15) is 0 Å². The molecule has 80 valence electrons.